The van der Waals surface area contributed by atoms with Gasteiger partial charge in [0.1, 0.15) is 28.7 Å². The zero-order valence-electron chi connectivity index (χ0n) is 18.5. The van der Waals surface area contributed by atoms with Gasteiger partial charge in [-0.3, -0.25) is 4.79 Å². The zero-order chi connectivity index (χ0) is 22.9. The van der Waals surface area contributed by atoms with E-state index in [0.717, 1.165) is 12.0 Å². The number of fused-ring (bicyclic) bond motifs is 3. The molecule has 0 aliphatic carbocycles. The van der Waals surface area contributed by atoms with Crippen LogP contribution >= 0.6 is 0 Å². The number of aryl methyl sites for hydroxylation is 2. The topological polar surface area (TPSA) is 115 Å². The molecule has 0 saturated heterocycles. The van der Waals surface area contributed by atoms with Crippen LogP contribution in [0.3, 0.4) is 0 Å². The summed E-state index contributed by atoms with van der Waals surface area (Å²) < 4.78 is 17.4. The molecule has 0 unspecified atom stereocenters. The summed E-state index contributed by atoms with van der Waals surface area (Å²) in [7, 11) is 0. The summed E-state index contributed by atoms with van der Waals surface area (Å²) in [6, 6.07) is 2.10. The first kappa shape index (κ1) is 22.7. The monoisotopic (exact) mass is 431 g/mol. The molecule has 1 amide bonds. The Labute approximate surface area is 180 Å². The molecular formula is C23H29NO7. The number of nitrogens with one attached hydrogen (secondary N) is 1. The van der Waals surface area contributed by atoms with E-state index in [4.69, 9.17) is 13.9 Å². The van der Waals surface area contributed by atoms with Crippen LogP contribution in [-0.4, -0.2) is 35.2 Å². The summed E-state index contributed by atoms with van der Waals surface area (Å²) in [6.45, 7) is 9.11. The SMILES string of the molecule is Cc1cc(=O)oc2c3c(cc(OCC(=O)N[C@H](CC(C)C)C(=O)O)c12)OC(C)(C)CC3. The number of hydrogen-bond donors (Lipinski definition) is 2. The molecule has 8 nitrogen and oxygen atoms in total. The molecule has 0 radical (unpaired) electrons. The van der Waals surface area contributed by atoms with E-state index in [2.05, 4.69) is 5.32 Å². The molecule has 8 heteroatoms. The number of carboxylic acids is 1. The van der Waals surface area contributed by atoms with Gasteiger partial charge in [-0.05, 0) is 51.5 Å². The predicted octanol–water partition coefficient (Wildman–Crippen LogP) is 3.20. The van der Waals surface area contributed by atoms with Crippen LogP contribution in [0.1, 0.15) is 51.7 Å². The smallest absolute Gasteiger partial charge is 0.336 e. The molecule has 1 aromatic heterocycles. The largest absolute Gasteiger partial charge is 0.487 e. The van der Waals surface area contributed by atoms with Gasteiger partial charge in [0.15, 0.2) is 6.61 Å². The third-order valence-corrected chi connectivity index (χ3v) is 5.30. The molecule has 0 saturated carbocycles. The van der Waals surface area contributed by atoms with E-state index in [1.54, 1.807) is 13.0 Å². The Balaban J connectivity index is 1.91. The van der Waals surface area contributed by atoms with Crippen LogP contribution in [0.25, 0.3) is 11.0 Å². The highest BCUT2D eigenvalue weighted by atomic mass is 16.5. The molecule has 1 aromatic carbocycles. The van der Waals surface area contributed by atoms with Gasteiger partial charge in [-0.15, -0.1) is 0 Å². The Morgan fingerprint density at radius 1 is 1.29 bits per heavy atom. The van der Waals surface area contributed by atoms with Crippen molar-refractivity contribution in [1.82, 2.24) is 5.32 Å². The fraction of sp³-hybridized carbons (Fsp3) is 0.522. The van der Waals surface area contributed by atoms with E-state index in [-0.39, 0.29) is 18.1 Å². The lowest BCUT2D eigenvalue weighted by molar-refractivity contribution is -0.142. The number of benzene rings is 1. The van der Waals surface area contributed by atoms with Crippen LogP contribution in [0.5, 0.6) is 11.5 Å². The standard InChI is InChI=1S/C23H29NO7/c1-12(2)8-15(22(27)28)24-18(25)11-29-17-10-16-14(6-7-23(4,5)31-16)21-20(17)13(3)9-19(26)30-21/h9-10,12,15H,6-8,11H2,1-5H3,(H,24,25)(H,27,28)/t15-/m1/s1. The molecule has 2 heterocycles. The zero-order valence-corrected chi connectivity index (χ0v) is 18.5. The van der Waals surface area contributed by atoms with Crippen LogP contribution < -0.4 is 20.4 Å². The highest BCUT2D eigenvalue weighted by molar-refractivity contribution is 5.92. The number of carboxylic acid groups (broad SMARTS) is 1. The Bertz CT molecular complexity index is 1070. The first-order valence-corrected chi connectivity index (χ1v) is 10.4. The average Bonchev–Trinajstić information content (AvgIpc) is 2.63. The maximum absolute atomic E-state index is 12.4. The van der Waals surface area contributed by atoms with Crippen molar-refractivity contribution in [2.24, 2.45) is 5.92 Å². The third kappa shape index (κ3) is 5.18. The number of carbonyl (C=O) groups excluding carboxylic acids is 1. The Hall–Kier alpha value is -3.03. The van der Waals surface area contributed by atoms with Gasteiger partial charge in [0.25, 0.3) is 5.91 Å². The minimum absolute atomic E-state index is 0.109. The Kier molecular flexibility index (Phi) is 6.29. The molecule has 1 aliphatic rings. The maximum Gasteiger partial charge on any atom is 0.336 e. The minimum atomic E-state index is -1.09. The lowest BCUT2D eigenvalue weighted by Crippen LogP contribution is -2.43. The summed E-state index contributed by atoms with van der Waals surface area (Å²) in [5.41, 5.74) is 1.01. The van der Waals surface area contributed by atoms with Gasteiger partial charge in [-0.25, -0.2) is 9.59 Å². The Morgan fingerprint density at radius 3 is 2.65 bits per heavy atom. The van der Waals surface area contributed by atoms with Gasteiger partial charge in [0.2, 0.25) is 0 Å². The fourth-order valence-corrected chi connectivity index (χ4v) is 3.81. The van der Waals surface area contributed by atoms with E-state index in [0.29, 0.717) is 40.9 Å². The van der Waals surface area contributed by atoms with Crippen molar-refractivity contribution in [2.75, 3.05) is 6.61 Å². The van der Waals surface area contributed by atoms with Gasteiger partial charge >= 0.3 is 11.6 Å². The lowest BCUT2D eigenvalue weighted by Gasteiger charge is -2.33. The number of ether oxygens (including phenoxy) is 2. The Morgan fingerprint density at radius 2 is 2.00 bits per heavy atom. The first-order valence-electron chi connectivity index (χ1n) is 10.4. The van der Waals surface area contributed by atoms with Gasteiger partial charge in [0.05, 0.1) is 5.39 Å². The maximum atomic E-state index is 12.4. The molecule has 3 rings (SSSR count). The van der Waals surface area contributed by atoms with Gasteiger partial charge < -0.3 is 24.3 Å². The van der Waals surface area contributed by atoms with Crippen LogP contribution in [0, 0.1) is 12.8 Å². The molecule has 0 fully saturated rings. The number of amides is 1. The van der Waals surface area contributed by atoms with Crippen LogP contribution in [0.2, 0.25) is 0 Å². The quantitative estimate of drug-likeness (QED) is 0.647. The number of carbonyl (C=O) groups is 2. The van der Waals surface area contributed by atoms with Gasteiger partial charge in [-0.2, -0.15) is 0 Å². The summed E-state index contributed by atoms with van der Waals surface area (Å²) in [6.07, 6.45) is 1.76. The summed E-state index contributed by atoms with van der Waals surface area (Å²) in [5, 5.41) is 12.4. The molecule has 31 heavy (non-hydrogen) atoms. The normalized spacial score (nSPS) is 15.8. The molecular weight excluding hydrogens is 402 g/mol. The van der Waals surface area contributed by atoms with E-state index in [9.17, 15) is 19.5 Å². The van der Waals surface area contributed by atoms with E-state index in [1.807, 2.05) is 27.7 Å². The van der Waals surface area contributed by atoms with Crippen molar-refractivity contribution in [3.8, 4) is 11.5 Å². The number of hydrogen-bond acceptors (Lipinski definition) is 6. The predicted molar refractivity (Wildman–Crippen MR) is 115 cm³/mol. The summed E-state index contributed by atoms with van der Waals surface area (Å²) >= 11 is 0. The van der Waals surface area contributed by atoms with Crippen molar-refractivity contribution in [2.45, 2.75) is 65.5 Å². The van der Waals surface area contributed by atoms with Crippen molar-refractivity contribution >= 4 is 22.8 Å². The number of aliphatic carboxylic acids is 1. The van der Waals surface area contributed by atoms with E-state index >= 15 is 0 Å². The molecule has 2 N–H and O–H groups in total. The second-order valence-corrected chi connectivity index (χ2v) is 9.04. The second kappa shape index (κ2) is 8.61. The molecule has 168 valence electrons. The van der Waals surface area contributed by atoms with Crippen LogP contribution in [0.15, 0.2) is 21.3 Å². The summed E-state index contributed by atoms with van der Waals surface area (Å²) in [4.78, 5) is 35.8. The number of rotatable bonds is 7. The van der Waals surface area contributed by atoms with Gasteiger partial charge in [0, 0.05) is 17.7 Å². The van der Waals surface area contributed by atoms with E-state index < -0.39 is 23.5 Å². The third-order valence-electron chi connectivity index (χ3n) is 5.30. The summed E-state index contributed by atoms with van der Waals surface area (Å²) in [5.74, 6) is -0.627. The van der Waals surface area contributed by atoms with Gasteiger partial charge in [-0.1, -0.05) is 13.8 Å². The fourth-order valence-electron chi connectivity index (χ4n) is 3.81. The molecule has 0 spiro atoms. The minimum Gasteiger partial charge on any atom is -0.487 e. The average molecular weight is 431 g/mol. The second-order valence-electron chi connectivity index (χ2n) is 9.04. The van der Waals surface area contributed by atoms with Crippen LogP contribution in [0.4, 0.5) is 0 Å². The molecule has 0 bridgehead atoms. The first-order chi connectivity index (χ1) is 14.5. The highest BCUT2D eigenvalue weighted by Crippen LogP contribution is 2.42. The highest BCUT2D eigenvalue weighted by Gasteiger charge is 2.30. The molecule has 2 aromatic rings. The van der Waals surface area contributed by atoms with Crippen molar-refractivity contribution in [3.05, 3.63) is 33.7 Å². The van der Waals surface area contributed by atoms with Crippen molar-refractivity contribution in [3.63, 3.8) is 0 Å². The van der Waals surface area contributed by atoms with Crippen LogP contribution in [-0.2, 0) is 16.0 Å². The molecule has 1 atom stereocenters. The lowest BCUT2D eigenvalue weighted by atomic mass is 9.92. The van der Waals surface area contributed by atoms with Crippen molar-refractivity contribution < 1.29 is 28.6 Å². The van der Waals surface area contributed by atoms with Crippen molar-refractivity contribution in [1.29, 1.82) is 0 Å². The van der Waals surface area contributed by atoms with E-state index in [1.165, 1.54) is 6.07 Å². The molecule has 1 aliphatic heterocycles.